The summed E-state index contributed by atoms with van der Waals surface area (Å²) < 4.78 is 16.6. The number of carbonyl (C=O) groups is 1. The van der Waals surface area contributed by atoms with Crippen LogP contribution in [0.2, 0.25) is 0 Å². The molecule has 1 saturated heterocycles. The largest absolute Gasteiger partial charge is 0.508 e. The molecule has 0 unspecified atom stereocenters. The Morgan fingerprint density at radius 3 is 2.59 bits per heavy atom. The summed E-state index contributed by atoms with van der Waals surface area (Å²) in [5.74, 6) is 0.500. The fourth-order valence-corrected chi connectivity index (χ4v) is 4.86. The minimum atomic E-state index is -1.70. The number of ether oxygens (including phenoxy) is 3. The van der Waals surface area contributed by atoms with Crippen molar-refractivity contribution in [2.75, 3.05) is 19.9 Å². The predicted molar refractivity (Wildman–Crippen MR) is 135 cm³/mol. The standard InChI is InChI=1S/C27H39NO9/c1-5-11-28(27(34)37-26-25(33)24(32)23(31)21(13-29)36-26)14-35-20-8-6-7-19(30)22(20)18-12-16(4)9-10-17(18)15(2)3/h6-8,12,17-18,21,23-26,29-33H,2,5,9-11,13-14H2,1,3-4H3/t17-,18+,21+,23+,24-,25+,26-/m0/s1. The molecule has 1 fully saturated rings. The lowest BCUT2D eigenvalue weighted by Crippen LogP contribution is -2.60. The molecular weight excluding hydrogens is 482 g/mol. The molecule has 3 rings (SSSR count). The Bertz CT molecular complexity index is 979. The molecule has 2 aliphatic rings. The van der Waals surface area contributed by atoms with Gasteiger partial charge in [0, 0.05) is 18.0 Å². The van der Waals surface area contributed by atoms with Crippen molar-refractivity contribution >= 4 is 6.09 Å². The second kappa shape index (κ2) is 12.7. The zero-order chi connectivity index (χ0) is 27.3. The van der Waals surface area contributed by atoms with Crippen molar-refractivity contribution in [3.05, 3.63) is 47.6 Å². The van der Waals surface area contributed by atoms with E-state index >= 15 is 0 Å². The van der Waals surface area contributed by atoms with Gasteiger partial charge in [0.1, 0.15) is 35.9 Å². The third-order valence-corrected chi connectivity index (χ3v) is 6.95. The number of nitrogens with zero attached hydrogens (tertiary/aromatic N) is 1. The number of aromatic hydroxyl groups is 1. The summed E-state index contributed by atoms with van der Waals surface area (Å²) in [5, 5.41) is 50.3. The van der Waals surface area contributed by atoms with Crippen molar-refractivity contribution in [3.63, 3.8) is 0 Å². The summed E-state index contributed by atoms with van der Waals surface area (Å²) in [5.41, 5.74) is 2.85. The Balaban J connectivity index is 1.78. The topological polar surface area (TPSA) is 149 Å². The number of hydrogen-bond donors (Lipinski definition) is 5. The Kier molecular flexibility index (Phi) is 9.97. The van der Waals surface area contributed by atoms with Crippen molar-refractivity contribution in [3.8, 4) is 11.5 Å². The average Bonchev–Trinajstić information content (AvgIpc) is 2.86. The molecule has 37 heavy (non-hydrogen) atoms. The minimum Gasteiger partial charge on any atom is -0.508 e. The Labute approximate surface area is 217 Å². The highest BCUT2D eigenvalue weighted by Gasteiger charge is 2.45. The van der Waals surface area contributed by atoms with E-state index in [0.717, 1.165) is 18.4 Å². The molecule has 1 aliphatic carbocycles. The number of phenols is 1. The van der Waals surface area contributed by atoms with Gasteiger partial charge >= 0.3 is 6.09 Å². The number of rotatable bonds is 9. The van der Waals surface area contributed by atoms with Crippen LogP contribution in [0.4, 0.5) is 4.79 Å². The minimum absolute atomic E-state index is 0.0886. The van der Waals surface area contributed by atoms with Crippen LogP contribution in [-0.4, -0.2) is 87.1 Å². The number of allylic oxidation sites excluding steroid dienone is 3. The van der Waals surface area contributed by atoms with E-state index in [1.807, 2.05) is 13.8 Å². The highest BCUT2D eigenvalue weighted by Crippen LogP contribution is 2.46. The van der Waals surface area contributed by atoms with E-state index in [4.69, 9.17) is 14.2 Å². The number of amides is 1. The Hall–Kier alpha value is -2.63. The second-order valence-corrected chi connectivity index (χ2v) is 9.84. The smallest absolute Gasteiger partial charge is 0.414 e. The van der Waals surface area contributed by atoms with E-state index in [1.54, 1.807) is 18.2 Å². The van der Waals surface area contributed by atoms with Gasteiger partial charge in [-0.3, -0.25) is 4.90 Å². The normalized spacial score (nSPS) is 29.8. The van der Waals surface area contributed by atoms with Crippen molar-refractivity contribution in [1.29, 1.82) is 0 Å². The monoisotopic (exact) mass is 521 g/mol. The van der Waals surface area contributed by atoms with Crippen LogP contribution in [0.1, 0.15) is 51.5 Å². The molecule has 0 aromatic heterocycles. The molecule has 10 nitrogen and oxygen atoms in total. The summed E-state index contributed by atoms with van der Waals surface area (Å²) in [6, 6.07) is 5.00. The maximum absolute atomic E-state index is 12.9. The van der Waals surface area contributed by atoms with Crippen LogP contribution < -0.4 is 4.74 Å². The lowest BCUT2D eigenvalue weighted by Gasteiger charge is -2.39. The number of aliphatic hydroxyl groups excluding tert-OH is 4. The molecule has 1 aromatic rings. The number of hydrogen-bond acceptors (Lipinski definition) is 9. The first-order chi connectivity index (χ1) is 17.6. The van der Waals surface area contributed by atoms with E-state index in [1.165, 1.54) is 10.5 Å². The summed E-state index contributed by atoms with van der Waals surface area (Å²) in [4.78, 5) is 14.2. The molecule has 1 aliphatic heterocycles. The van der Waals surface area contributed by atoms with Crippen LogP contribution in [0.3, 0.4) is 0 Å². The van der Waals surface area contributed by atoms with E-state index in [9.17, 15) is 30.3 Å². The summed E-state index contributed by atoms with van der Waals surface area (Å²) in [6.07, 6.45) is -4.04. The van der Waals surface area contributed by atoms with Crippen molar-refractivity contribution in [1.82, 2.24) is 4.90 Å². The summed E-state index contributed by atoms with van der Waals surface area (Å²) in [6.45, 7) is 9.43. The molecule has 0 bridgehead atoms. The van der Waals surface area contributed by atoms with Crippen molar-refractivity contribution in [2.24, 2.45) is 5.92 Å². The maximum atomic E-state index is 12.9. The molecule has 0 spiro atoms. The zero-order valence-electron chi connectivity index (χ0n) is 21.6. The Morgan fingerprint density at radius 1 is 1.22 bits per heavy atom. The van der Waals surface area contributed by atoms with Gasteiger partial charge in [-0.15, -0.1) is 0 Å². The first kappa shape index (κ1) is 28.9. The molecule has 1 aromatic carbocycles. The quantitative estimate of drug-likeness (QED) is 0.244. The molecule has 1 heterocycles. The third kappa shape index (κ3) is 6.63. The van der Waals surface area contributed by atoms with Crippen molar-refractivity contribution in [2.45, 2.75) is 76.7 Å². The summed E-state index contributed by atoms with van der Waals surface area (Å²) in [7, 11) is 0. The molecule has 7 atom stereocenters. The third-order valence-electron chi connectivity index (χ3n) is 6.95. The molecule has 1 amide bonds. The number of aliphatic hydroxyl groups is 4. The average molecular weight is 522 g/mol. The van der Waals surface area contributed by atoms with Crippen LogP contribution in [-0.2, 0) is 9.47 Å². The van der Waals surface area contributed by atoms with E-state index in [-0.39, 0.29) is 30.9 Å². The summed E-state index contributed by atoms with van der Waals surface area (Å²) >= 11 is 0. The van der Waals surface area contributed by atoms with Gasteiger partial charge in [0.25, 0.3) is 0 Å². The van der Waals surface area contributed by atoms with Crippen molar-refractivity contribution < 1.29 is 44.5 Å². The molecule has 0 saturated carbocycles. The number of phenolic OH excluding ortho intramolecular Hbond substituents is 1. The van der Waals surface area contributed by atoms with Crippen LogP contribution in [0.5, 0.6) is 11.5 Å². The van der Waals surface area contributed by atoms with Crippen LogP contribution in [0.25, 0.3) is 0 Å². The molecular formula is C27H39NO9. The highest BCUT2D eigenvalue weighted by atomic mass is 16.7. The lowest BCUT2D eigenvalue weighted by atomic mass is 9.74. The SMILES string of the molecule is C=C(C)[C@@H]1CCC(C)=C[C@H]1c1c(O)cccc1OCN(CCC)C(=O)O[C@@H]1O[C@H](CO)[C@@H](O)[C@H](O)[C@H]1O. The van der Waals surface area contributed by atoms with Gasteiger partial charge in [-0.2, -0.15) is 0 Å². The van der Waals surface area contributed by atoms with Gasteiger partial charge in [-0.05, 0) is 51.2 Å². The van der Waals surface area contributed by atoms with Gasteiger partial charge in [0.15, 0.2) is 6.73 Å². The van der Waals surface area contributed by atoms with Crippen LogP contribution in [0.15, 0.2) is 42.0 Å². The van der Waals surface area contributed by atoms with Gasteiger partial charge in [0.2, 0.25) is 6.29 Å². The van der Waals surface area contributed by atoms with E-state index < -0.39 is 43.4 Å². The van der Waals surface area contributed by atoms with Gasteiger partial charge in [-0.1, -0.05) is 36.8 Å². The van der Waals surface area contributed by atoms with Crippen LogP contribution in [0, 0.1) is 5.92 Å². The Morgan fingerprint density at radius 2 is 1.95 bits per heavy atom. The first-order valence-electron chi connectivity index (χ1n) is 12.6. The number of carbonyl (C=O) groups excluding carboxylic acids is 1. The van der Waals surface area contributed by atoms with E-state index in [0.29, 0.717) is 17.7 Å². The lowest BCUT2D eigenvalue weighted by molar-refractivity contribution is -0.286. The van der Waals surface area contributed by atoms with E-state index in [2.05, 4.69) is 19.6 Å². The van der Waals surface area contributed by atoms with Gasteiger partial charge in [-0.25, -0.2) is 4.79 Å². The predicted octanol–water partition coefficient (Wildman–Crippen LogP) is 2.39. The molecule has 10 heteroatoms. The first-order valence-corrected chi connectivity index (χ1v) is 12.6. The van der Waals surface area contributed by atoms with Crippen LogP contribution >= 0.6 is 0 Å². The fraction of sp³-hybridized carbons (Fsp3) is 0.593. The maximum Gasteiger partial charge on any atom is 0.414 e. The highest BCUT2D eigenvalue weighted by molar-refractivity contribution is 5.67. The zero-order valence-corrected chi connectivity index (χ0v) is 21.6. The number of benzene rings is 1. The van der Waals surface area contributed by atoms with Gasteiger partial charge < -0.3 is 39.7 Å². The fourth-order valence-electron chi connectivity index (χ4n) is 4.86. The molecule has 5 N–H and O–H groups in total. The second-order valence-electron chi connectivity index (χ2n) is 9.84. The van der Waals surface area contributed by atoms with Gasteiger partial charge in [0.05, 0.1) is 6.61 Å². The molecule has 206 valence electrons. The molecule has 0 radical (unpaired) electrons.